The fourth-order valence-corrected chi connectivity index (χ4v) is 3.58. The molecular formula is C17H20N4O3S. The van der Waals surface area contributed by atoms with E-state index in [4.69, 9.17) is 9.15 Å². The molecule has 25 heavy (non-hydrogen) atoms. The molecule has 4 rings (SSSR count). The number of furan rings is 1. The Labute approximate surface area is 149 Å². The molecule has 4 heterocycles. The maximum atomic E-state index is 12.2. The Bertz CT molecular complexity index is 818. The summed E-state index contributed by atoms with van der Waals surface area (Å²) in [5.41, 5.74) is 1.54. The van der Waals surface area contributed by atoms with Crippen LogP contribution >= 0.6 is 11.3 Å². The van der Waals surface area contributed by atoms with E-state index in [2.05, 4.69) is 15.2 Å². The number of hydrogen-bond donors (Lipinski definition) is 1. The minimum absolute atomic E-state index is 0.113. The molecule has 1 N–H and O–H groups in total. The van der Waals surface area contributed by atoms with Gasteiger partial charge in [-0.15, -0.1) is 11.3 Å². The van der Waals surface area contributed by atoms with Gasteiger partial charge in [-0.05, 0) is 6.07 Å². The molecule has 0 atom stereocenters. The number of carbonyl (C=O) groups is 1. The molecule has 3 aromatic heterocycles. The van der Waals surface area contributed by atoms with Crippen LogP contribution in [0.4, 0.5) is 0 Å². The highest BCUT2D eigenvalue weighted by molar-refractivity contribution is 7.15. The molecule has 132 valence electrons. The van der Waals surface area contributed by atoms with Crippen molar-refractivity contribution in [3.05, 3.63) is 47.1 Å². The number of hydrogen-bond acceptors (Lipinski definition) is 6. The molecule has 1 aliphatic heterocycles. The molecule has 1 aliphatic rings. The minimum Gasteiger partial charge on any atom is -0.467 e. The number of carbonyl (C=O) groups excluding carboxylic acids is 1. The Morgan fingerprint density at radius 3 is 3.08 bits per heavy atom. The third kappa shape index (κ3) is 3.92. The molecule has 0 bridgehead atoms. The van der Waals surface area contributed by atoms with E-state index < -0.39 is 0 Å². The summed E-state index contributed by atoms with van der Waals surface area (Å²) in [6.45, 7) is 4.55. The first kappa shape index (κ1) is 16.3. The molecule has 0 unspecified atom stereocenters. The van der Waals surface area contributed by atoms with Crippen LogP contribution < -0.4 is 5.32 Å². The normalized spacial score (nSPS) is 15.7. The van der Waals surface area contributed by atoms with E-state index >= 15 is 0 Å². The van der Waals surface area contributed by atoms with E-state index in [1.807, 2.05) is 28.2 Å². The molecule has 1 saturated heterocycles. The number of thiazole rings is 1. The van der Waals surface area contributed by atoms with Crippen molar-refractivity contribution in [2.75, 3.05) is 32.8 Å². The summed E-state index contributed by atoms with van der Waals surface area (Å²) < 4.78 is 12.9. The topological polar surface area (TPSA) is 72.0 Å². The summed E-state index contributed by atoms with van der Waals surface area (Å²) in [4.78, 5) is 20.0. The second-order valence-electron chi connectivity index (χ2n) is 6.02. The molecule has 0 radical (unpaired) electrons. The van der Waals surface area contributed by atoms with E-state index in [0.717, 1.165) is 42.7 Å². The van der Waals surface area contributed by atoms with Crippen molar-refractivity contribution in [2.45, 2.75) is 13.0 Å². The van der Waals surface area contributed by atoms with E-state index in [9.17, 15) is 4.79 Å². The second-order valence-corrected chi connectivity index (χ2v) is 6.89. The van der Waals surface area contributed by atoms with Crippen LogP contribution in [0.3, 0.4) is 0 Å². The predicted molar refractivity (Wildman–Crippen MR) is 93.9 cm³/mol. The third-order valence-corrected chi connectivity index (χ3v) is 4.98. The Kier molecular flexibility index (Phi) is 4.82. The first-order valence-corrected chi connectivity index (χ1v) is 9.23. The van der Waals surface area contributed by atoms with Crippen molar-refractivity contribution in [3.8, 4) is 0 Å². The molecule has 0 aromatic carbocycles. The lowest BCUT2D eigenvalue weighted by Gasteiger charge is -2.25. The third-order valence-electron chi connectivity index (χ3n) is 4.21. The molecule has 0 saturated carbocycles. The lowest BCUT2D eigenvalue weighted by atomic mass is 10.2. The molecule has 1 amide bonds. The van der Waals surface area contributed by atoms with Gasteiger partial charge < -0.3 is 14.5 Å². The number of fused-ring (bicyclic) bond motifs is 1. The van der Waals surface area contributed by atoms with Gasteiger partial charge in [0, 0.05) is 43.8 Å². The van der Waals surface area contributed by atoms with Crippen molar-refractivity contribution >= 4 is 22.2 Å². The van der Waals surface area contributed by atoms with Crippen LogP contribution in [0.2, 0.25) is 0 Å². The summed E-state index contributed by atoms with van der Waals surface area (Å²) in [6, 6.07) is 1.82. The zero-order valence-electron chi connectivity index (χ0n) is 13.8. The second kappa shape index (κ2) is 7.38. The van der Waals surface area contributed by atoms with Crippen LogP contribution in [-0.4, -0.2) is 53.0 Å². The van der Waals surface area contributed by atoms with E-state index in [1.54, 1.807) is 11.3 Å². The number of nitrogens with zero attached hydrogens (tertiary/aromatic N) is 3. The van der Waals surface area contributed by atoms with Gasteiger partial charge in [0.2, 0.25) is 0 Å². The largest absolute Gasteiger partial charge is 0.467 e. The molecular weight excluding hydrogens is 340 g/mol. The number of morpholine rings is 1. The highest BCUT2D eigenvalue weighted by atomic mass is 32.1. The monoisotopic (exact) mass is 360 g/mol. The van der Waals surface area contributed by atoms with Crippen LogP contribution in [0.15, 0.2) is 34.5 Å². The summed E-state index contributed by atoms with van der Waals surface area (Å²) in [6.07, 6.45) is 6.21. The molecule has 8 heteroatoms. The lowest BCUT2D eigenvalue weighted by Crippen LogP contribution is -2.35. The van der Waals surface area contributed by atoms with Crippen LogP contribution in [0, 0.1) is 0 Å². The molecule has 7 nitrogen and oxygen atoms in total. The highest BCUT2D eigenvalue weighted by Gasteiger charge is 2.15. The number of nitrogens with one attached hydrogen (secondary N) is 1. The number of imidazole rings is 1. The van der Waals surface area contributed by atoms with Gasteiger partial charge in [0.1, 0.15) is 12.0 Å². The Balaban J connectivity index is 1.26. The van der Waals surface area contributed by atoms with Gasteiger partial charge in [0.15, 0.2) is 4.96 Å². The zero-order chi connectivity index (χ0) is 17.1. The SMILES string of the molecule is O=C(NCCc1cn2ccsc2n1)c1coc(CN2CCOCC2)c1. The van der Waals surface area contributed by atoms with Crippen molar-refractivity contribution in [3.63, 3.8) is 0 Å². The summed E-state index contributed by atoms with van der Waals surface area (Å²) in [7, 11) is 0. The van der Waals surface area contributed by atoms with Gasteiger partial charge in [-0.25, -0.2) is 4.98 Å². The van der Waals surface area contributed by atoms with E-state index in [1.165, 1.54) is 6.26 Å². The molecule has 1 fully saturated rings. The minimum atomic E-state index is -0.113. The summed E-state index contributed by atoms with van der Waals surface area (Å²) in [5.74, 6) is 0.694. The van der Waals surface area contributed by atoms with Crippen molar-refractivity contribution in [1.29, 1.82) is 0 Å². The van der Waals surface area contributed by atoms with Gasteiger partial charge in [-0.3, -0.25) is 14.1 Å². The Morgan fingerprint density at radius 2 is 2.24 bits per heavy atom. The Hall–Kier alpha value is -2.16. The number of ether oxygens (including phenoxy) is 1. The van der Waals surface area contributed by atoms with E-state index in [0.29, 0.717) is 25.1 Å². The number of amides is 1. The van der Waals surface area contributed by atoms with Gasteiger partial charge in [-0.2, -0.15) is 0 Å². The van der Waals surface area contributed by atoms with Crippen LogP contribution in [0.25, 0.3) is 4.96 Å². The van der Waals surface area contributed by atoms with Gasteiger partial charge in [-0.1, -0.05) is 0 Å². The number of rotatable bonds is 6. The van der Waals surface area contributed by atoms with Crippen LogP contribution in [0.1, 0.15) is 21.8 Å². The fourth-order valence-electron chi connectivity index (χ4n) is 2.86. The van der Waals surface area contributed by atoms with Crippen molar-refractivity contribution in [1.82, 2.24) is 19.6 Å². The maximum Gasteiger partial charge on any atom is 0.254 e. The van der Waals surface area contributed by atoms with Crippen LogP contribution in [-0.2, 0) is 17.7 Å². The van der Waals surface area contributed by atoms with Crippen LogP contribution in [0.5, 0.6) is 0 Å². The van der Waals surface area contributed by atoms with Crippen molar-refractivity contribution in [2.24, 2.45) is 0 Å². The molecule has 0 spiro atoms. The zero-order valence-corrected chi connectivity index (χ0v) is 14.6. The summed E-state index contributed by atoms with van der Waals surface area (Å²) >= 11 is 1.60. The smallest absolute Gasteiger partial charge is 0.254 e. The standard InChI is InChI=1S/C17H20N4O3S/c22-16(18-2-1-14-10-21-5-8-25-17(21)19-14)13-9-15(24-12-13)11-20-3-6-23-7-4-20/h5,8-10,12H,1-4,6-7,11H2,(H,18,22). The summed E-state index contributed by atoms with van der Waals surface area (Å²) in [5, 5.41) is 4.92. The molecule has 0 aliphatic carbocycles. The number of aromatic nitrogens is 2. The quantitative estimate of drug-likeness (QED) is 0.726. The lowest BCUT2D eigenvalue weighted by molar-refractivity contribution is 0.0313. The first-order valence-electron chi connectivity index (χ1n) is 8.35. The van der Waals surface area contributed by atoms with Gasteiger partial charge in [0.25, 0.3) is 5.91 Å². The van der Waals surface area contributed by atoms with E-state index in [-0.39, 0.29) is 5.91 Å². The average molecular weight is 360 g/mol. The first-order chi connectivity index (χ1) is 12.3. The molecule has 3 aromatic rings. The van der Waals surface area contributed by atoms with Crippen molar-refractivity contribution < 1.29 is 13.9 Å². The highest BCUT2D eigenvalue weighted by Crippen LogP contribution is 2.13. The van der Waals surface area contributed by atoms with Gasteiger partial charge >= 0.3 is 0 Å². The maximum absolute atomic E-state index is 12.2. The predicted octanol–water partition coefficient (Wildman–Crippen LogP) is 1.79. The Morgan fingerprint density at radius 1 is 1.36 bits per heavy atom. The average Bonchev–Trinajstić information content (AvgIpc) is 3.32. The fraction of sp³-hybridized carbons (Fsp3) is 0.412. The van der Waals surface area contributed by atoms with Gasteiger partial charge in [0.05, 0.1) is 31.0 Å².